The lowest BCUT2D eigenvalue weighted by Crippen LogP contribution is -2.19. The first-order chi connectivity index (χ1) is 8.06. The lowest BCUT2D eigenvalue weighted by molar-refractivity contribution is 0.727. The van der Waals surface area contributed by atoms with Gasteiger partial charge in [0.1, 0.15) is 4.83 Å². The molecular weight excluding hydrogens is 252 g/mol. The first-order valence-electron chi connectivity index (χ1n) is 5.65. The molecule has 0 spiro atoms. The third-order valence-electron chi connectivity index (χ3n) is 2.80. The molecular formula is C12H16N2OS2. The third kappa shape index (κ3) is 2.13. The molecule has 0 amide bonds. The molecule has 17 heavy (non-hydrogen) atoms. The van der Waals surface area contributed by atoms with E-state index in [4.69, 9.17) is 0 Å². The molecule has 0 N–H and O–H groups in total. The molecule has 0 unspecified atom stereocenters. The maximum Gasteiger partial charge on any atom is 0.262 e. The van der Waals surface area contributed by atoms with E-state index in [1.165, 1.54) is 4.88 Å². The fourth-order valence-electron chi connectivity index (χ4n) is 1.68. The van der Waals surface area contributed by atoms with Gasteiger partial charge < -0.3 is 0 Å². The van der Waals surface area contributed by atoms with E-state index in [2.05, 4.69) is 11.9 Å². The predicted octanol–water partition coefficient (Wildman–Crippen LogP) is 3.11. The average Bonchev–Trinajstić information content (AvgIpc) is 2.58. The van der Waals surface area contributed by atoms with Gasteiger partial charge in [0.25, 0.3) is 5.56 Å². The van der Waals surface area contributed by atoms with Crippen LogP contribution in [0.2, 0.25) is 0 Å². The van der Waals surface area contributed by atoms with E-state index in [0.717, 1.165) is 33.1 Å². The fraction of sp³-hybridized carbons (Fsp3) is 0.500. The Morgan fingerprint density at radius 3 is 2.76 bits per heavy atom. The molecule has 5 heteroatoms. The molecule has 0 aliphatic rings. The third-order valence-corrected chi connectivity index (χ3v) is 5.14. The molecule has 2 aromatic heterocycles. The highest BCUT2D eigenvalue weighted by atomic mass is 32.2. The van der Waals surface area contributed by atoms with Crippen LogP contribution in [0.15, 0.2) is 9.95 Å². The molecule has 2 heterocycles. The largest absolute Gasteiger partial charge is 0.290 e. The first-order valence-corrected chi connectivity index (χ1v) is 7.46. The Kier molecular flexibility index (Phi) is 3.58. The molecule has 0 fully saturated rings. The van der Waals surface area contributed by atoms with Gasteiger partial charge in [-0.05, 0) is 25.8 Å². The lowest BCUT2D eigenvalue weighted by Gasteiger charge is -2.06. The summed E-state index contributed by atoms with van der Waals surface area (Å²) < 4.78 is 1.67. The van der Waals surface area contributed by atoms with E-state index in [1.807, 2.05) is 13.8 Å². The summed E-state index contributed by atoms with van der Waals surface area (Å²) in [4.78, 5) is 18.9. The standard InChI is InChI=1S/C12H16N2OS2/c1-5-6-16-12-13-10-9(11(15)14(12)4)7(2)8(3)17-10/h5-6H2,1-4H3. The van der Waals surface area contributed by atoms with Crippen LogP contribution in [0.1, 0.15) is 23.8 Å². The van der Waals surface area contributed by atoms with Crippen LogP contribution in [-0.2, 0) is 7.05 Å². The molecule has 0 aliphatic carbocycles. The molecule has 0 saturated carbocycles. The Morgan fingerprint density at radius 2 is 2.12 bits per heavy atom. The van der Waals surface area contributed by atoms with Crippen molar-refractivity contribution in [3.05, 3.63) is 20.8 Å². The van der Waals surface area contributed by atoms with Gasteiger partial charge in [0.15, 0.2) is 5.16 Å². The maximum atomic E-state index is 12.3. The first kappa shape index (κ1) is 12.6. The van der Waals surface area contributed by atoms with Gasteiger partial charge in [-0.1, -0.05) is 18.7 Å². The Hall–Kier alpha value is -0.810. The molecule has 0 bridgehead atoms. The molecule has 0 saturated heterocycles. The highest BCUT2D eigenvalue weighted by molar-refractivity contribution is 7.99. The second kappa shape index (κ2) is 4.82. The van der Waals surface area contributed by atoms with Gasteiger partial charge in [-0.15, -0.1) is 11.3 Å². The van der Waals surface area contributed by atoms with Crippen LogP contribution in [0.3, 0.4) is 0 Å². The van der Waals surface area contributed by atoms with Gasteiger partial charge in [0, 0.05) is 17.7 Å². The van der Waals surface area contributed by atoms with Crippen LogP contribution in [-0.4, -0.2) is 15.3 Å². The zero-order chi connectivity index (χ0) is 12.6. The summed E-state index contributed by atoms with van der Waals surface area (Å²) >= 11 is 3.26. The van der Waals surface area contributed by atoms with Crippen LogP contribution in [0, 0.1) is 13.8 Å². The van der Waals surface area contributed by atoms with Crippen molar-refractivity contribution < 1.29 is 0 Å². The highest BCUT2D eigenvalue weighted by Crippen LogP contribution is 2.27. The van der Waals surface area contributed by atoms with Crippen molar-refractivity contribution in [1.82, 2.24) is 9.55 Å². The number of aryl methyl sites for hydroxylation is 2. The normalized spacial score (nSPS) is 11.3. The number of rotatable bonds is 3. The topological polar surface area (TPSA) is 34.9 Å². The van der Waals surface area contributed by atoms with Gasteiger partial charge in [0.2, 0.25) is 0 Å². The van der Waals surface area contributed by atoms with Crippen molar-refractivity contribution in [2.45, 2.75) is 32.3 Å². The van der Waals surface area contributed by atoms with Gasteiger partial charge >= 0.3 is 0 Å². The number of fused-ring (bicyclic) bond motifs is 1. The molecule has 0 radical (unpaired) electrons. The summed E-state index contributed by atoms with van der Waals surface area (Å²) in [5.41, 5.74) is 1.15. The quantitative estimate of drug-likeness (QED) is 0.633. The Morgan fingerprint density at radius 1 is 1.41 bits per heavy atom. The van der Waals surface area contributed by atoms with E-state index in [9.17, 15) is 4.79 Å². The van der Waals surface area contributed by atoms with Crippen LogP contribution in [0.25, 0.3) is 10.2 Å². The monoisotopic (exact) mass is 268 g/mol. The van der Waals surface area contributed by atoms with Crippen LogP contribution < -0.4 is 5.56 Å². The minimum atomic E-state index is 0.0791. The predicted molar refractivity (Wildman–Crippen MR) is 75.4 cm³/mol. The molecule has 0 atom stereocenters. The smallest absolute Gasteiger partial charge is 0.262 e. The second-order valence-electron chi connectivity index (χ2n) is 4.07. The van der Waals surface area contributed by atoms with Crippen molar-refractivity contribution in [1.29, 1.82) is 0 Å². The Labute approximate surface area is 109 Å². The SMILES string of the molecule is CCCSc1nc2sc(C)c(C)c2c(=O)n1C. The van der Waals surface area contributed by atoms with Crippen LogP contribution in [0.4, 0.5) is 0 Å². The molecule has 2 aromatic rings. The summed E-state index contributed by atoms with van der Waals surface area (Å²) in [6.45, 7) is 6.17. The van der Waals surface area contributed by atoms with Gasteiger partial charge in [-0.2, -0.15) is 0 Å². The van der Waals surface area contributed by atoms with E-state index >= 15 is 0 Å². The number of thiophene rings is 1. The summed E-state index contributed by atoms with van der Waals surface area (Å²) in [7, 11) is 1.80. The zero-order valence-electron chi connectivity index (χ0n) is 10.5. The van der Waals surface area contributed by atoms with Gasteiger partial charge in [-0.3, -0.25) is 9.36 Å². The van der Waals surface area contributed by atoms with Gasteiger partial charge in [0.05, 0.1) is 5.39 Å². The summed E-state index contributed by atoms with van der Waals surface area (Å²) in [6.07, 6.45) is 1.08. The summed E-state index contributed by atoms with van der Waals surface area (Å²) in [5.74, 6) is 0.995. The number of nitrogens with zero attached hydrogens (tertiary/aromatic N) is 2. The van der Waals surface area contributed by atoms with Crippen molar-refractivity contribution >= 4 is 33.3 Å². The minimum Gasteiger partial charge on any atom is -0.290 e. The summed E-state index contributed by atoms with van der Waals surface area (Å²) in [5, 5.41) is 1.61. The van der Waals surface area contributed by atoms with E-state index in [0.29, 0.717) is 0 Å². The number of hydrogen-bond acceptors (Lipinski definition) is 4. The molecule has 0 aliphatic heterocycles. The van der Waals surface area contributed by atoms with Crippen LogP contribution in [0.5, 0.6) is 0 Å². The number of aromatic nitrogens is 2. The molecule has 2 rings (SSSR count). The van der Waals surface area contributed by atoms with Crippen molar-refractivity contribution in [2.24, 2.45) is 7.05 Å². The maximum absolute atomic E-state index is 12.3. The van der Waals surface area contributed by atoms with E-state index < -0.39 is 0 Å². The van der Waals surface area contributed by atoms with Gasteiger partial charge in [-0.25, -0.2) is 4.98 Å². The Bertz CT molecular complexity index is 613. The van der Waals surface area contributed by atoms with Crippen molar-refractivity contribution in [3.8, 4) is 0 Å². The number of hydrogen-bond donors (Lipinski definition) is 0. The molecule has 3 nitrogen and oxygen atoms in total. The van der Waals surface area contributed by atoms with Crippen molar-refractivity contribution in [3.63, 3.8) is 0 Å². The number of thioether (sulfide) groups is 1. The minimum absolute atomic E-state index is 0.0791. The Balaban J connectivity index is 2.67. The molecule has 0 aromatic carbocycles. The van der Waals surface area contributed by atoms with Crippen LogP contribution >= 0.6 is 23.1 Å². The molecule has 92 valence electrons. The second-order valence-corrected chi connectivity index (χ2v) is 6.34. The highest BCUT2D eigenvalue weighted by Gasteiger charge is 2.14. The van der Waals surface area contributed by atoms with E-state index in [1.54, 1.807) is 34.7 Å². The fourth-order valence-corrected chi connectivity index (χ4v) is 3.58. The lowest BCUT2D eigenvalue weighted by atomic mass is 10.2. The summed E-state index contributed by atoms with van der Waals surface area (Å²) in [6, 6.07) is 0. The average molecular weight is 268 g/mol. The zero-order valence-corrected chi connectivity index (χ0v) is 12.2. The van der Waals surface area contributed by atoms with E-state index in [-0.39, 0.29) is 5.56 Å². The van der Waals surface area contributed by atoms with Crippen molar-refractivity contribution in [2.75, 3.05) is 5.75 Å².